The van der Waals surface area contributed by atoms with Crippen LogP contribution in [0.1, 0.15) is 43.5 Å². The van der Waals surface area contributed by atoms with E-state index in [1.54, 1.807) is 0 Å². The van der Waals surface area contributed by atoms with Gasteiger partial charge in [0.05, 0.1) is 16.4 Å². The molecule has 1 aromatic carbocycles. The zero-order valence-corrected chi connectivity index (χ0v) is 13.9. The van der Waals surface area contributed by atoms with E-state index in [0.717, 1.165) is 24.4 Å². The van der Waals surface area contributed by atoms with Crippen LogP contribution in [0.4, 0.5) is 0 Å². The van der Waals surface area contributed by atoms with Gasteiger partial charge in [-0.3, -0.25) is 4.90 Å². The topological polar surface area (TPSA) is 21.1 Å². The van der Waals surface area contributed by atoms with E-state index < -0.39 is 0 Å². The molecule has 3 nitrogen and oxygen atoms in total. The molecule has 0 bridgehead atoms. The Morgan fingerprint density at radius 3 is 2.95 bits per heavy atom. The third-order valence-electron chi connectivity index (χ3n) is 4.59. The van der Waals surface area contributed by atoms with Crippen molar-refractivity contribution in [3.63, 3.8) is 0 Å². The predicted molar refractivity (Wildman–Crippen MR) is 89.0 cm³/mol. The van der Waals surface area contributed by atoms with Crippen LogP contribution in [0.3, 0.4) is 0 Å². The highest BCUT2D eigenvalue weighted by Gasteiger charge is 2.25. The second-order valence-corrected chi connectivity index (χ2v) is 6.77. The third-order valence-corrected chi connectivity index (χ3v) is 4.78. The minimum absolute atomic E-state index is 0.0609. The quantitative estimate of drug-likeness (QED) is 0.792. The molecule has 2 heterocycles. The third kappa shape index (κ3) is 2.82. The van der Waals surface area contributed by atoms with E-state index >= 15 is 0 Å². The Kier molecular flexibility index (Phi) is 4.23. The normalized spacial score (nSPS) is 21.2. The molecule has 0 radical (unpaired) electrons. The van der Waals surface area contributed by atoms with Crippen molar-refractivity contribution in [1.82, 2.24) is 14.5 Å². The second-order valence-electron chi connectivity index (χ2n) is 6.11. The molecule has 0 N–H and O–H groups in total. The highest BCUT2D eigenvalue weighted by atomic mass is 35.5. The molecule has 0 saturated carbocycles. The Labute approximate surface area is 131 Å². The molecule has 1 saturated heterocycles. The first kappa shape index (κ1) is 14.9. The Balaban J connectivity index is 2.02. The van der Waals surface area contributed by atoms with Gasteiger partial charge in [-0.15, -0.1) is 11.6 Å². The van der Waals surface area contributed by atoms with Gasteiger partial charge in [-0.05, 0) is 57.5 Å². The number of hydrogen-bond donors (Lipinski definition) is 0. The van der Waals surface area contributed by atoms with E-state index in [9.17, 15) is 0 Å². The first-order valence-corrected chi connectivity index (χ1v) is 8.38. The number of imidazole rings is 1. The van der Waals surface area contributed by atoms with Crippen molar-refractivity contribution < 1.29 is 0 Å². The molecule has 0 amide bonds. The summed E-state index contributed by atoms with van der Waals surface area (Å²) in [4.78, 5) is 7.33. The molecule has 1 fully saturated rings. The fraction of sp³-hybridized carbons (Fsp3) is 0.588. The van der Waals surface area contributed by atoms with E-state index in [1.165, 1.54) is 30.5 Å². The Bertz CT molecular complexity index is 632. The fourth-order valence-corrected chi connectivity index (χ4v) is 3.64. The molecule has 2 atom stereocenters. The predicted octanol–water partition coefficient (Wildman–Crippen LogP) is 4.13. The SMILES string of the molecule is CCN1CCCC1Cn1c(C(C)Cl)nc2ccc(C)cc21. The maximum absolute atomic E-state index is 6.38. The standard InChI is InChI=1S/C17H24ClN3/c1-4-20-9-5-6-14(20)11-21-16-10-12(2)7-8-15(16)19-17(21)13(3)18/h7-8,10,13-14H,4-6,9,11H2,1-3H3. The van der Waals surface area contributed by atoms with Gasteiger partial charge in [0, 0.05) is 12.6 Å². The van der Waals surface area contributed by atoms with Crippen molar-refractivity contribution in [1.29, 1.82) is 0 Å². The van der Waals surface area contributed by atoms with Crippen molar-refractivity contribution in [3.8, 4) is 0 Å². The van der Waals surface area contributed by atoms with E-state index in [4.69, 9.17) is 16.6 Å². The summed E-state index contributed by atoms with van der Waals surface area (Å²) in [7, 11) is 0. The smallest absolute Gasteiger partial charge is 0.127 e. The number of halogens is 1. The van der Waals surface area contributed by atoms with Crippen LogP contribution in [-0.2, 0) is 6.54 Å². The molecule has 4 heteroatoms. The molecule has 0 spiro atoms. The lowest BCUT2D eigenvalue weighted by Gasteiger charge is -2.24. The van der Waals surface area contributed by atoms with Gasteiger partial charge in [0.2, 0.25) is 0 Å². The number of likely N-dealkylation sites (tertiary alicyclic amines) is 1. The summed E-state index contributed by atoms with van der Waals surface area (Å²) < 4.78 is 2.35. The maximum atomic E-state index is 6.38. The van der Waals surface area contributed by atoms with Crippen LogP contribution >= 0.6 is 11.6 Å². The summed E-state index contributed by atoms with van der Waals surface area (Å²) in [5.74, 6) is 1.00. The molecule has 2 aromatic rings. The second kappa shape index (κ2) is 5.98. The number of aryl methyl sites for hydroxylation is 1. The lowest BCUT2D eigenvalue weighted by Crippen LogP contribution is -2.33. The van der Waals surface area contributed by atoms with Crippen LogP contribution in [0.25, 0.3) is 11.0 Å². The maximum Gasteiger partial charge on any atom is 0.127 e. The average molecular weight is 306 g/mol. The van der Waals surface area contributed by atoms with E-state index in [2.05, 4.69) is 41.5 Å². The van der Waals surface area contributed by atoms with Crippen LogP contribution < -0.4 is 0 Å². The Morgan fingerprint density at radius 1 is 1.43 bits per heavy atom. The van der Waals surface area contributed by atoms with Crippen molar-refractivity contribution in [3.05, 3.63) is 29.6 Å². The number of aromatic nitrogens is 2. The van der Waals surface area contributed by atoms with Crippen molar-refractivity contribution >= 4 is 22.6 Å². The largest absolute Gasteiger partial charge is 0.325 e. The molecule has 1 aromatic heterocycles. The molecule has 1 aliphatic heterocycles. The lowest BCUT2D eigenvalue weighted by atomic mass is 10.2. The van der Waals surface area contributed by atoms with Crippen molar-refractivity contribution in [2.75, 3.05) is 13.1 Å². The molecule has 0 aliphatic carbocycles. The number of fused-ring (bicyclic) bond motifs is 1. The Hall–Kier alpha value is -1.06. The molecule has 114 valence electrons. The number of alkyl halides is 1. The zero-order valence-electron chi connectivity index (χ0n) is 13.1. The summed E-state index contributed by atoms with van der Waals surface area (Å²) in [5, 5.41) is -0.0609. The molecule has 21 heavy (non-hydrogen) atoms. The summed E-state index contributed by atoms with van der Waals surface area (Å²) in [6.07, 6.45) is 2.57. The molecule has 1 aliphatic rings. The minimum Gasteiger partial charge on any atom is -0.325 e. The van der Waals surface area contributed by atoms with E-state index in [-0.39, 0.29) is 5.38 Å². The highest BCUT2D eigenvalue weighted by molar-refractivity contribution is 6.20. The number of hydrogen-bond acceptors (Lipinski definition) is 2. The summed E-state index contributed by atoms with van der Waals surface area (Å²) in [6, 6.07) is 7.07. The van der Waals surface area contributed by atoms with Gasteiger partial charge in [-0.1, -0.05) is 13.0 Å². The lowest BCUT2D eigenvalue weighted by molar-refractivity contribution is 0.244. The molecule has 2 unspecified atom stereocenters. The van der Waals surface area contributed by atoms with Crippen LogP contribution in [0, 0.1) is 6.92 Å². The van der Waals surface area contributed by atoms with Gasteiger partial charge in [0.25, 0.3) is 0 Å². The zero-order chi connectivity index (χ0) is 15.0. The Morgan fingerprint density at radius 2 is 2.24 bits per heavy atom. The van der Waals surface area contributed by atoms with Gasteiger partial charge in [-0.2, -0.15) is 0 Å². The van der Waals surface area contributed by atoms with E-state index in [0.29, 0.717) is 6.04 Å². The van der Waals surface area contributed by atoms with E-state index in [1.807, 2.05) is 6.92 Å². The monoisotopic (exact) mass is 305 g/mol. The summed E-state index contributed by atoms with van der Waals surface area (Å²) in [6.45, 7) is 9.74. The number of likely N-dealkylation sites (N-methyl/N-ethyl adjacent to an activating group) is 1. The van der Waals surface area contributed by atoms with Gasteiger partial charge < -0.3 is 4.57 Å². The van der Waals surface area contributed by atoms with Crippen molar-refractivity contribution in [2.45, 2.75) is 51.6 Å². The summed E-state index contributed by atoms with van der Waals surface area (Å²) in [5.41, 5.74) is 3.56. The fourth-order valence-electron chi connectivity index (χ4n) is 3.48. The first-order valence-electron chi connectivity index (χ1n) is 7.95. The van der Waals surface area contributed by atoms with Gasteiger partial charge in [0.15, 0.2) is 0 Å². The summed E-state index contributed by atoms with van der Waals surface area (Å²) >= 11 is 6.38. The van der Waals surface area contributed by atoms with Crippen molar-refractivity contribution in [2.24, 2.45) is 0 Å². The van der Waals surface area contributed by atoms with Gasteiger partial charge >= 0.3 is 0 Å². The number of benzene rings is 1. The highest BCUT2D eigenvalue weighted by Crippen LogP contribution is 2.28. The van der Waals surface area contributed by atoms with Crippen LogP contribution in [0.2, 0.25) is 0 Å². The first-order chi connectivity index (χ1) is 10.1. The molecular formula is C17H24ClN3. The average Bonchev–Trinajstić information content (AvgIpc) is 3.04. The molecular weight excluding hydrogens is 282 g/mol. The minimum atomic E-state index is -0.0609. The molecule has 3 rings (SSSR count). The van der Waals surface area contributed by atoms with Gasteiger partial charge in [0.1, 0.15) is 5.82 Å². The van der Waals surface area contributed by atoms with Crippen LogP contribution in [0.5, 0.6) is 0 Å². The van der Waals surface area contributed by atoms with Crippen LogP contribution in [0.15, 0.2) is 18.2 Å². The number of nitrogens with zero attached hydrogens (tertiary/aromatic N) is 3. The van der Waals surface area contributed by atoms with Crippen LogP contribution in [-0.4, -0.2) is 33.6 Å². The van der Waals surface area contributed by atoms with Gasteiger partial charge in [-0.25, -0.2) is 4.98 Å². The number of rotatable bonds is 4.